The molecule has 2 amide bonds. The van der Waals surface area contributed by atoms with Crippen molar-refractivity contribution in [2.45, 2.75) is 50.2 Å². The maximum absolute atomic E-state index is 12.7. The van der Waals surface area contributed by atoms with Crippen molar-refractivity contribution in [3.63, 3.8) is 0 Å². The zero-order valence-corrected chi connectivity index (χ0v) is 13.7. The van der Waals surface area contributed by atoms with Crippen LogP contribution in [0.15, 0.2) is 30.3 Å². The first-order chi connectivity index (χ1) is 11.6. The van der Waals surface area contributed by atoms with Crippen molar-refractivity contribution in [3.8, 4) is 0 Å². The van der Waals surface area contributed by atoms with E-state index < -0.39 is 5.97 Å². The molecule has 2 aliphatic heterocycles. The summed E-state index contributed by atoms with van der Waals surface area (Å²) < 4.78 is 5.52. The highest BCUT2D eigenvalue weighted by Crippen LogP contribution is 2.28. The average Bonchev–Trinajstić information content (AvgIpc) is 2.83. The number of amides is 2. The fourth-order valence-electron chi connectivity index (χ4n) is 3.63. The first-order valence-electron chi connectivity index (χ1n) is 8.56. The summed E-state index contributed by atoms with van der Waals surface area (Å²) in [7, 11) is 0. The molecule has 0 aliphatic carbocycles. The number of morpholine rings is 1. The van der Waals surface area contributed by atoms with Crippen LogP contribution < -0.4 is 5.32 Å². The first kappa shape index (κ1) is 16.8. The predicted octanol–water partition coefficient (Wildman–Crippen LogP) is 2.04. The quantitative estimate of drug-likeness (QED) is 0.835. The van der Waals surface area contributed by atoms with E-state index in [-0.39, 0.29) is 30.6 Å². The van der Waals surface area contributed by atoms with Gasteiger partial charge in [0.2, 0.25) is 0 Å². The van der Waals surface area contributed by atoms with Crippen LogP contribution in [0.25, 0.3) is 0 Å². The third-order valence-corrected chi connectivity index (χ3v) is 4.83. The van der Waals surface area contributed by atoms with E-state index in [0.717, 1.165) is 18.4 Å². The fourth-order valence-corrected chi connectivity index (χ4v) is 3.63. The predicted molar refractivity (Wildman–Crippen MR) is 88.8 cm³/mol. The van der Waals surface area contributed by atoms with Gasteiger partial charge in [-0.1, -0.05) is 30.3 Å². The summed E-state index contributed by atoms with van der Waals surface area (Å²) in [4.78, 5) is 25.5. The Morgan fingerprint density at radius 3 is 2.50 bits per heavy atom. The smallest absolute Gasteiger partial charge is 0.318 e. The van der Waals surface area contributed by atoms with Crippen LogP contribution in [0.5, 0.6) is 0 Å². The maximum atomic E-state index is 12.7. The van der Waals surface area contributed by atoms with Gasteiger partial charge in [0.25, 0.3) is 0 Å². The number of hydrogen-bond acceptors (Lipinski definition) is 3. The second kappa shape index (κ2) is 7.66. The average molecular weight is 332 g/mol. The lowest BCUT2D eigenvalue weighted by molar-refractivity contribution is -0.137. The molecular weight excluding hydrogens is 308 g/mol. The topological polar surface area (TPSA) is 78.9 Å². The molecule has 2 aliphatic rings. The highest BCUT2D eigenvalue weighted by molar-refractivity contribution is 5.76. The summed E-state index contributed by atoms with van der Waals surface area (Å²) in [5.74, 6) is -0.839. The van der Waals surface area contributed by atoms with E-state index in [1.54, 1.807) is 0 Å². The molecule has 2 saturated heterocycles. The fraction of sp³-hybridized carbons (Fsp3) is 0.556. The zero-order chi connectivity index (χ0) is 16.9. The minimum Gasteiger partial charge on any atom is -0.481 e. The lowest BCUT2D eigenvalue weighted by Gasteiger charge is -2.35. The van der Waals surface area contributed by atoms with Crippen molar-refractivity contribution < 1.29 is 19.4 Å². The number of rotatable bonds is 6. The van der Waals surface area contributed by atoms with Crippen molar-refractivity contribution in [1.82, 2.24) is 10.2 Å². The number of ether oxygens (including phenoxy) is 1. The van der Waals surface area contributed by atoms with Gasteiger partial charge in [-0.25, -0.2) is 4.79 Å². The van der Waals surface area contributed by atoms with Gasteiger partial charge in [-0.2, -0.15) is 0 Å². The molecule has 2 bridgehead atoms. The number of carboxylic acid groups (broad SMARTS) is 1. The molecule has 2 heterocycles. The van der Waals surface area contributed by atoms with E-state index in [1.807, 2.05) is 35.2 Å². The van der Waals surface area contributed by atoms with Crippen molar-refractivity contribution >= 4 is 12.0 Å². The largest absolute Gasteiger partial charge is 0.481 e. The molecule has 6 heteroatoms. The Morgan fingerprint density at radius 1 is 1.21 bits per heavy atom. The molecule has 3 rings (SSSR count). The summed E-state index contributed by atoms with van der Waals surface area (Å²) >= 11 is 0. The molecular formula is C18H24N2O4. The van der Waals surface area contributed by atoms with E-state index in [9.17, 15) is 9.59 Å². The van der Waals surface area contributed by atoms with Gasteiger partial charge in [0, 0.05) is 12.5 Å². The summed E-state index contributed by atoms with van der Waals surface area (Å²) in [5, 5.41) is 12.0. The molecule has 130 valence electrons. The normalized spacial score (nSPS) is 23.8. The van der Waals surface area contributed by atoms with Gasteiger partial charge in [0.05, 0.1) is 25.3 Å². The van der Waals surface area contributed by atoms with Gasteiger partial charge >= 0.3 is 12.0 Å². The van der Waals surface area contributed by atoms with Crippen molar-refractivity contribution in [2.75, 3.05) is 13.2 Å². The van der Waals surface area contributed by atoms with Gasteiger partial charge in [0.1, 0.15) is 0 Å². The number of benzene rings is 1. The van der Waals surface area contributed by atoms with E-state index in [1.165, 1.54) is 0 Å². The molecule has 0 saturated carbocycles. The number of carboxylic acids is 1. The number of urea groups is 1. The van der Waals surface area contributed by atoms with Gasteiger partial charge in [-0.3, -0.25) is 4.79 Å². The number of hydrogen-bond donors (Lipinski definition) is 2. The van der Waals surface area contributed by atoms with E-state index in [2.05, 4.69) is 5.32 Å². The molecule has 1 aromatic rings. The van der Waals surface area contributed by atoms with Gasteiger partial charge in [-0.05, 0) is 31.2 Å². The minimum atomic E-state index is -0.839. The molecule has 0 radical (unpaired) electrons. The van der Waals surface area contributed by atoms with E-state index >= 15 is 0 Å². The third kappa shape index (κ3) is 4.06. The molecule has 3 unspecified atom stereocenters. The highest BCUT2D eigenvalue weighted by Gasteiger charge is 2.40. The monoisotopic (exact) mass is 332 g/mol. The van der Waals surface area contributed by atoms with E-state index in [0.29, 0.717) is 26.1 Å². The van der Waals surface area contributed by atoms with Crippen LogP contribution in [0.3, 0.4) is 0 Å². The van der Waals surface area contributed by atoms with Crippen molar-refractivity contribution in [1.29, 1.82) is 0 Å². The van der Waals surface area contributed by atoms with Crippen LogP contribution in [-0.4, -0.2) is 53.3 Å². The Balaban J connectivity index is 1.64. The molecule has 1 aromatic carbocycles. The lowest BCUT2D eigenvalue weighted by atomic mass is 10.0. The number of aliphatic carboxylic acids is 1. The van der Waals surface area contributed by atoms with Crippen LogP contribution in [0.2, 0.25) is 0 Å². The summed E-state index contributed by atoms with van der Waals surface area (Å²) in [6.07, 6.45) is 3.08. The number of nitrogens with one attached hydrogen (secondary N) is 1. The Labute approximate surface area is 141 Å². The number of carbonyl (C=O) groups is 2. The lowest BCUT2D eigenvalue weighted by Crippen LogP contribution is -2.55. The zero-order valence-electron chi connectivity index (χ0n) is 13.7. The van der Waals surface area contributed by atoms with Crippen LogP contribution in [-0.2, 0) is 16.0 Å². The van der Waals surface area contributed by atoms with Crippen LogP contribution in [0, 0.1) is 0 Å². The highest BCUT2D eigenvalue weighted by atomic mass is 16.5. The molecule has 24 heavy (non-hydrogen) atoms. The number of nitrogens with zero attached hydrogens (tertiary/aromatic N) is 1. The van der Waals surface area contributed by atoms with Crippen LogP contribution in [0.1, 0.15) is 31.2 Å². The van der Waals surface area contributed by atoms with Crippen molar-refractivity contribution in [3.05, 3.63) is 35.9 Å². The number of carbonyl (C=O) groups excluding carboxylic acids is 1. The number of fused-ring (bicyclic) bond motifs is 2. The maximum Gasteiger partial charge on any atom is 0.318 e. The van der Waals surface area contributed by atoms with Crippen LogP contribution >= 0.6 is 0 Å². The molecule has 6 nitrogen and oxygen atoms in total. The van der Waals surface area contributed by atoms with Crippen molar-refractivity contribution in [2.24, 2.45) is 0 Å². The Bertz CT molecular complexity index is 562. The second-order valence-electron chi connectivity index (χ2n) is 6.60. The molecule has 2 N–H and O–H groups in total. The summed E-state index contributed by atoms with van der Waals surface area (Å²) in [6, 6.07) is 9.88. The van der Waals surface area contributed by atoms with Gasteiger partial charge < -0.3 is 20.1 Å². The van der Waals surface area contributed by atoms with Crippen LogP contribution in [0.4, 0.5) is 4.79 Å². The Kier molecular flexibility index (Phi) is 5.35. The standard InChI is InChI=1S/C18H24N2O4/c21-17(22)9-6-14(10-13-4-2-1-3-5-13)19-18(23)20-15-7-8-16(20)12-24-11-15/h1-5,14-16H,6-12H2,(H,19,23)(H,21,22). The van der Waals surface area contributed by atoms with Gasteiger partial charge in [-0.15, -0.1) is 0 Å². The molecule has 0 spiro atoms. The first-order valence-corrected chi connectivity index (χ1v) is 8.56. The van der Waals surface area contributed by atoms with Gasteiger partial charge in [0.15, 0.2) is 0 Å². The molecule has 2 fully saturated rings. The SMILES string of the molecule is O=C(O)CCC(Cc1ccccc1)NC(=O)N1C2CCC1COC2. The molecule has 3 atom stereocenters. The second-order valence-corrected chi connectivity index (χ2v) is 6.60. The Hall–Kier alpha value is -2.08. The summed E-state index contributed by atoms with van der Waals surface area (Å²) in [6.45, 7) is 1.20. The molecule has 0 aromatic heterocycles. The Morgan fingerprint density at radius 2 is 1.88 bits per heavy atom. The van der Waals surface area contributed by atoms with E-state index in [4.69, 9.17) is 9.84 Å². The third-order valence-electron chi connectivity index (χ3n) is 4.83. The minimum absolute atomic E-state index is 0.0494. The summed E-state index contributed by atoms with van der Waals surface area (Å²) in [5.41, 5.74) is 1.10.